The fourth-order valence-electron chi connectivity index (χ4n) is 2.51. The van der Waals surface area contributed by atoms with Gasteiger partial charge in [0.2, 0.25) is 5.88 Å². The lowest BCUT2D eigenvalue weighted by molar-refractivity contribution is -0.154. The summed E-state index contributed by atoms with van der Waals surface area (Å²) < 4.78 is 41.9. The van der Waals surface area contributed by atoms with Gasteiger partial charge in [0.05, 0.1) is 6.54 Å². The third-order valence-electron chi connectivity index (χ3n) is 3.77. The van der Waals surface area contributed by atoms with Crippen LogP contribution < -0.4 is 15.4 Å². The van der Waals surface area contributed by atoms with Gasteiger partial charge in [0.15, 0.2) is 12.6 Å². The number of pyridine rings is 1. The molecule has 1 atom stereocenters. The third-order valence-corrected chi connectivity index (χ3v) is 3.77. The van der Waals surface area contributed by atoms with Gasteiger partial charge in [-0.15, -0.1) is 0 Å². The summed E-state index contributed by atoms with van der Waals surface area (Å²) >= 11 is 0. The van der Waals surface area contributed by atoms with Crippen LogP contribution in [-0.2, 0) is 6.54 Å². The number of nitrogens with zero attached hydrogens (tertiary/aromatic N) is 2. The molecule has 1 rings (SSSR count). The van der Waals surface area contributed by atoms with Gasteiger partial charge in [-0.3, -0.25) is 0 Å². The lowest BCUT2D eigenvalue weighted by Gasteiger charge is -2.18. The normalized spacial score (nSPS) is 13.3. The monoisotopic (exact) mass is 390 g/mol. The summed E-state index contributed by atoms with van der Waals surface area (Å²) in [4.78, 5) is 8.28. The number of aliphatic imine (C=N–C) groups is 1. The number of rotatable bonds is 11. The minimum atomic E-state index is -4.42. The van der Waals surface area contributed by atoms with Crippen molar-refractivity contribution in [2.24, 2.45) is 10.9 Å². The van der Waals surface area contributed by atoms with Crippen LogP contribution in [-0.4, -0.2) is 48.5 Å². The Hall–Kier alpha value is -2.03. The molecular weight excluding hydrogens is 361 g/mol. The van der Waals surface area contributed by atoms with Crippen LogP contribution in [0, 0.1) is 5.92 Å². The van der Waals surface area contributed by atoms with Gasteiger partial charge in [0.1, 0.15) is 0 Å². The molecule has 0 aliphatic rings. The first kappa shape index (κ1) is 23.0. The Labute approximate surface area is 158 Å². The summed E-state index contributed by atoms with van der Waals surface area (Å²) in [5.41, 5.74) is 0.472. The standard InChI is InChI=1S/C18H29F3N4O2/c1-3-6-14(8-10-26)11-24-17(22-4-2)25-12-15-7-5-9-23-16(15)27-13-18(19,20)21/h5,7,9,14,26H,3-4,6,8,10-13H2,1-2H3,(H2,22,24,25). The molecule has 0 amide bonds. The number of halogens is 3. The van der Waals surface area contributed by atoms with Gasteiger partial charge < -0.3 is 20.5 Å². The molecule has 0 aromatic carbocycles. The van der Waals surface area contributed by atoms with Crippen LogP contribution >= 0.6 is 0 Å². The number of hydrogen-bond donors (Lipinski definition) is 3. The number of ether oxygens (including phenoxy) is 1. The van der Waals surface area contributed by atoms with E-state index in [4.69, 9.17) is 9.84 Å². The number of aliphatic hydroxyl groups excluding tert-OH is 1. The van der Waals surface area contributed by atoms with E-state index in [1.54, 1.807) is 12.1 Å². The molecular formula is C18H29F3N4O2. The second-order valence-electron chi connectivity index (χ2n) is 6.11. The van der Waals surface area contributed by atoms with Crippen LogP contribution in [0.4, 0.5) is 13.2 Å². The molecule has 0 spiro atoms. The molecule has 1 heterocycles. The van der Waals surface area contributed by atoms with Crippen molar-refractivity contribution in [3.8, 4) is 5.88 Å². The maximum atomic E-state index is 12.4. The Morgan fingerprint density at radius 3 is 2.70 bits per heavy atom. The Bertz CT molecular complexity index is 562. The molecule has 0 bridgehead atoms. The largest absolute Gasteiger partial charge is 0.468 e. The van der Waals surface area contributed by atoms with Crippen LogP contribution in [0.5, 0.6) is 5.88 Å². The summed E-state index contributed by atoms with van der Waals surface area (Å²) in [7, 11) is 0. The van der Waals surface area contributed by atoms with Crippen LogP contribution in [0.1, 0.15) is 38.7 Å². The van der Waals surface area contributed by atoms with E-state index < -0.39 is 12.8 Å². The fraction of sp³-hybridized carbons (Fsp3) is 0.667. The highest BCUT2D eigenvalue weighted by molar-refractivity contribution is 5.79. The molecule has 1 aromatic heterocycles. The zero-order valence-corrected chi connectivity index (χ0v) is 15.9. The van der Waals surface area contributed by atoms with Gasteiger partial charge in [-0.2, -0.15) is 13.2 Å². The van der Waals surface area contributed by atoms with Crippen LogP contribution in [0.3, 0.4) is 0 Å². The molecule has 1 unspecified atom stereocenters. The number of nitrogens with one attached hydrogen (secondary N) is 2. The predicted octanol–water partition coefficient (Wildman–Crippen LogP) is 2.88. The lowest BCUT2D eigenvalue weighted by Crippen LogP contribution is -2.40. The molecule has 0 aliphatic heterocycles. The SMILES string of the molecule is CCCC(CCO)CNC(=NCc1cccnc1OCC(F)(F)F)NCC. The predicted molar refractivity (Wildman–Crippen MR) is 98.7 cm³/mol. The van der Waals surface area contributed by atoms with Crippen molar-refractivity contribution in [2.45, 2.75) is 45.8 Å². The van der Waals surface area contributed by atoms with E-state index in [2.05, 4.69) is 27.5 Å². The van der Waals surface area contributed by atoms with E-state index in [0.717, 1.165) is 12.8 Å². The quantitative estimate of drug-likeness (QED) is 0.400. The smallest absolute Gasteiger partial charge is 0.422 e. The molecule has 0 radical (unpaired) electrons. The van der Waals surface area contributed by atoms with Crippen molar-refractivity contribution in [3.05, 3.63) is 23.9 Å². The molecule has 0 aliphatic carbocycles. The van der Waals surface area contributed by atoms with E-state index in [-0.39, 0.29) is 19.0 Å². The Balaban J connectivity index is 2.74. The average Bonchev–Trinajstić information content (AvgIpc) is 2.62. The highest BCUT2D eigenvalue weighted by Crippen LogP contribution is 2.20. The maximum Gasteiger partial charge on any atom is 0.422 e. The van der Waals surface area contributed by atoms with Crippen LogP contribution in [0.2, 0.25) is 0 Å². The summed E-state index contributed by atoms with van der Waals surface area (Å²) in [6, 6.07) is 3.27. The van der Waals surface area contributed by atoms with Gasteiger partial charge in [-0.1, -0.05) is 19.4 Å². The first-order valence-electron chi connectivity index (χ1n) is 9.16. The number of hydrogen-bond acceptors (Lipinski definition) is 4. The van der Waals surface area contributed by atoms with E-state index in [1.165, 1.54) is 6.20 Å². The van der Waals surface area contributed by atoms with Crippen LogP contribution in [0.15, 0.2) is 23.3 Å². The molecule has 9 heteroatoms. The summed E-state index contributed by atoms with van der Waals surface area (Å²) in [6.07, 6.45) is -0.318. The number of alkyl halides is 3. The second-order valence-corrected chi connectivity index (χ2v) is 6.11. The van der Waals surface area contributed by atoms with Gasteiger partial charge in [-0.05, 0) is 31.7 Å². The zero-order valence-electron chi connectivity index (χ0n) is 15.9. The third kappa shape index (κ3) is 10.0. The molecule has 154 valence electrons. The maximum absolute atomic E-state index is 12.4. The van der Waals surface area contributed by atoms with Crippen molar-refractivity contribution >= 4 is 5.96 Å². The van der Waals surface area contributed by atoms with E-state index >= 15 is 0 Å². The van der Waals surface area contributed by atoms with Crippen molar-refractivity contribution in [1.29, 1.82) is 0 Å². The first-order valence-corrected chi connectivity index (χ1v) is 9.16. The van der Waals surface area contributed by atoms with Gasteiger partial charge in [-0.25, -0.2) is 9.98 Å². The van der Waals surface area contributed by atoms with E-state index in [1.807, 2.05) is 6.92 Å². The van der Waals surface area contributed by atoms with E-state index in [0.29, 0.717) is 37.0 Å². The Morgan fingerprint density at radius 1 is 1.30 bits per heavy atom. The van der Waals surface area contributed by atoms with Gasteiger partial charge >= 0.3 is 6.18 Å². The van der Waals surface area contributed by atoms with E-state index in [9.17, 15) is 13.2 Å². The molecule has 27 heavy (non-hydrogen) atoms. The van der Waals surface area contributed by atoms with Crippen molar-refractivity contribution in [3.63, 3.8) is 0 Å². The number of aromatic nitrogens is 1. The molecule has 6 nitrogen and oxygen atoms in total. The molecule has 0 saturated heterocycles. The molecule has 0 fully saturated rings. The van der Waals surface area contributed by atoms with Crippen LogP contribution in [0.25, 0.3) is 0 Å². The minimum Gasteiger partial charge on any atom is -0.468 e. The summed E-state index contributed by atoms with van der Waals surface area (Å²) in [5.74, 6) is 0.814. The lowest BCUT2D eigenvalue weighted by atomic mass is 10.0. The zero-order chi connectivity index (χ0) is 20.1. The van der Waals surface area contributed by atoms with Gasteiger partial charge in [0, 0.05) is 31.5 Å². The van der Waals surface area contributed by atoms with Crippen molar-refractivity contribution in [1.82, 2.24) is 15.6 Å². The summed E-state index contributed by atoms with van der Waals surface area (Å²) in [5, 5.41) is 15.5. The Kier molecular flexibility index (Phi) is 10.5. The Morgan fingerprint density at radius 2 is 2.07 bits per heavy atom. The molecule has 3 N–H and O–H groups in total. The minimum absolute atomic E-state index is 0.0708. The number of guanidine groups is 1. The molecule has 1 aromatic rings. The molecule has 0 saturated carbocycles. The number of aliphatic hydroxyl groups is 1. The van der Waals surface area contributed by atoms with Crippen molar-refractivity contribution < 1.29 is 23.0 Å². The second kappa shape index (κ2) is 12.4. The highest BCUT2D eigenvalue weighted by atomic mass is 19.4. The first-order chi connectivity index (χ1) is 12.9. The summed E-state index contributed by atoms with van der Waals surface area (Å²) in [6.45, 7) is 4.20. The fourth-order valence-corrected chi connectivity index (χ4v) is 2.51. The highest BCUT2D eigenvalue weighted by Gasteiger charge is 2.29. The average molecular weight is 390 g/mol. The van der Waals surface area contributed by atoms with Gasteiger partial charge in [0.25, 0.3) is 0 Å². The van der Waals surface area contributed by atoms with Crippen molar-refractivity contribution in [2.75, 3.05) is 26.3 Å². The topological polar surface area (TPSA) is 78.8 Å².